The summed E-state index contributed by atoms with van der Waals surface area (Å²) in [5.74, 6) is -0.205. The third-order valence-electron chi connectivity index (χ3n) is 4.58. The minimum atomic E-state index is -0.205. The predicted molar refractivity (Wildman–Crippen MR) is 98.2 cm³/mol. The predicted octanol–water partition coefficient (Wildman–Crippen LogP) is 3.79. The number of nitrogens with zero attached hydrogens (tertiary/aromatic N) is 2. The van der Waals surface area contributed by atoms with Gasteiger partial charge in [0.25, 0.3) is 0 Å². The molecule has 132 valence electrons. The van der Waals surface area contributed by atoms with E-state index in [0.29, 0.717) is 19.6 Å². The number of hydrogen-bond donors (Lipinski definition) is 1. The van der Waals surface area contributed by atoms with Gasteiger partial charge in [-0.1, -0.05) is 29.8 Å². The fraction of sp³-hybridized carbons (Fsp3) is 0.350. The van der Waals surface area contributed by atoms with Crippen LogP contribution < -0.4 is 5.32 Å². The molecule has 1 fully saturated rings. The Balaban J connectivity index is 1.52. The summed E-state index contributed by atoms with van der Waals surface area (Å²) in [6, 6.07) is 12.6. The van der Waals surface area contributed by atoms with Gasteiger partial charge >= 0.3 is 6.03 Å². The van der Waals surface area contributed by atoms with E-state index in [1.165, 1.54) is 11.6 Å². The highest BCUT2D eigenvalue weighted by atomic mass is 19.1. The Morgan fingerprint density at radius 2 is 1.84 bits per heavy atom. The smallest absolute Gasteiger partial charge is 0.321 e. The number of anilines is 1. The van der Waals surface area contributed by atoms with E-state index in [2.05, 4.69) is 16.3 Å². The van der Waals surface area contributed by atoms with Crippen molar-refractivity contribution < 1.29 is 9.18 Å². The van der Waals surface area contributed by atoms with Gasteiger partial charge in [0.2, 0.25) is 0 Å². The lowest BCUT2D eigenvalue weighted by Crippen LogP contribution is -2.49. The van der Waals surface area contributed by atoms with E-state index in [1.807, 2.05) is 36.9 Å². The summed E-state index contributed by atoms with van der Waals surface area (Å²) < 4.78 is 13.3. The number of carbonyl (C=O) groups is 1. The molecule has 0 aromatic heterocycles. The quantitative estimate of drug-likeness (QED) is 0.922. The molecule has 1 N–H and O–H groups in total. The number of aryl methyl sites for hydroxylation is 2. The van der Waals surface area contributed by atoms with Gasteiger partial charge in [-0.2, -0.15) is 0 Å². The number of halogens is 1. The molecular weight excluding hydrogens is 317 g/mol. The third-order valence-corrected chi connectivity index (χ3v) is 4.58. The van der Waals surface area contributed by atoms with Gasteiger partial charge < -0.3 is 10.2 Å². The zero-order valence-corrected chi connectivity index (χ0v) is 14.8. The van der Waals surface area contributed by atoms with Gasteiger partial charge in [-0.3, -0.25) is 4.90 Å². The number of nitrogens with one attached hydrogen (secondary N) is 1. The van der Waals surface area contributed by atoms with E-state index >= 15 is 0 Å². The molecule has 5 heteroatoms. The maximum atomic E-state index is 13.3. The molecule has 1 aliphatic heterocycles. The number of carbonyl (C=O) groups excluding carboxylic acids is 1. The molecule has 3 rings (SSSR count). The van der Waals surface area contributed by atoms with Crippen LogP contribution in [0.3, 0.4) is 0 Å². The Morgan fingerprint density at radius 3 is 2.52 bits per heavy atom. The molecule has 0 saturated carbocycles. The highest BCUT2D eigenvalue weighted by Gasteiger charge is 2.21. The number of benzene rings is 2. The summed E-state index contributed by atoms with van der Waals surface area (Å²) in [7, 11) is 0. The largest absolute Gasteiger partial charge is 0.322 e. The van der Waals surface area contributed by atoms with Crippen LogP contribution in [0.25, 0.3) is 0 Å². The molecule has 1 saturated heterocycles. The number of urea groups is 1. The van der Waals surface area contributed by atoms with Gasteiger partial charge in [0.05, 0.1) is 0 Å². The van der Waals surface area contributed by atoms with Crippen LogP contribution in [0.2, 0.25) is 0 Å². The van der Waals surface area contributed by atoms with Crippen LogP contribution in [0.5, 0.6) is 0 Å². The maximum absolute atomic E-state index is 13.3. The number of hydrogen-bond acceptors (Lipinski definition) is 2. The lowest BCUT2D eigenvalue weighted by atomic mass is 10.1. The Kier molecular flexibility index (Phi) is 5.34. The average Bonchev–Trinajstić information content (AvgIpc) is 2.58. The highest BCUT2D eigenvalue weighted by molar-refractivity contribution is 5.90. The Hall–Kier alpha value is -2.40. The van der Waals surface area contributed by atoms with Crippen LogP contribution >= 0.6 is 0 Å². The standard InChI is InChI=1S/C20H24FN3O/c1-15-6-7-19(16(2)12-15)22-20(25)24-10-8-23(9-11-24)14-17-4-3-5-18(21)13-17/h3-7,12-13H,8-11,14H2,1-2H3,(H,22,25). The summed E-state index contributed by atoms with van der Waals surface area (Å²) in [4.78, 5) is 16.5. The number of rotatable bonds is 3. The zero-order valence-electron chi connectivity index (χ0n) is 14.8. The summed E-state index contributed by atoms with van der Waals surface area (Å²) in [6.07, 6.45) is 0. The highest BCUT2D eigenvalue weighted by Crippen LogP contribution is 2.17. The van der Waals surface area contributed by atoms with E-state index in [1.54, 1.807) is 12.1 Å². The second-order valence-electron chi connectivity index (χ2n) is 6.64. The molecule has 1 heterocycles. The van der Waals surface area contributed by atoms with Crippen molar-refractivity contribution >= 4 is 11.7 Å². The molecule has 0 unspecified atom stereocenters. The molecule has 0 spiro atoms. The molecule has 25 heavy (non-hydrogen) atoms. The average molecular weight is 341 g/mol. The van der Waals surface area contributed by atoms with Crippen molar-refractivity contribution in [1.82, 2.24) is 9.80 Å². The summed E-state index contributed by atoms with van der Waals surface area (Å²) in [5, 5.41) is 3.00. The molecule has 0 radical (unpaired) electrons. The van der Waals surface area contributed by atoms with Crippen LogP contribution in [0.15, 0.2) is 42.5 Å². The van der Waals surface area contributed by atoms with Gasteiger partial charge in [-0.25, -0.2) is 9.18 Å². The van der Waals surface area contributed by atoms with E-state index in [-0.39, 0.29) is 11.8 Å². The molecule has 4 nitrogen and oxygen atoms in total. The van der Waals surface area contributed by atoms with Crippen LogP contribution in [0, 0.1) is 19.7 Å². The van der Waals surface area contributed by atoms with Crippen LogP contribution in [-0.4, -0.2) is 42.0 Å². The normalized spacial score (nSPS) is 15.2. The minimum absolute atomic E-state index is 0.0580. The van der Waals surface area contributed by atoms with Gasteiger partial charge in [-0.15, -0.1) is 0 Å². The first-order valence-electron chi connectivity index (χ1n) is 8.61. The third kappa shape index (κ3) is 4.57. The summed E-state index contributed by atoms with van der Waals surface area (Å²) >= 11 is 0. The van der Waals surface area contributed by atoms with Crippen molar-refractivity contribution in [2.24, 2.45) is 0 Å². The topological polar surface area (TPSA) is 35.6 Å². The lowest BCUT2D eigenvalue weighted by molar-refractivity contribution is 0.143. The molecule has 0 atom stereocenters. The summed E-state index contributed by atoms with van der Waals surface area (Å²) in [5.41, 5.74) is 4.07. The van der Waals surface area contributed by atoms with E-state index < -0.39 is 0 Å². The van der Waals surface area contributed by atoms with Crippen LogP contribution in [-0.2, 0) is 6.54 Å². The molecule has 0 aliphatic carbocycles. The molecular formula is C20H24FN3O. The van der Waals surface area contributed by atoms with Gasteiger partial charge in [0.1, 0.15) is 5.82 Å². The Labute approximate surface area is 148 Å². The van der Waals surface area contributed by atoms with Crippen molar-refractivity contribution in [3.8, 4) is 0 Å². The van der Waals surface area contributed by atoms with Crippen molar-refractivity contribution in [2.75, 3.05) is 31.5 Å². The van der Waals surface area contributed by atoms with Crippen LogP contribution in [0.1, 0.15) is 16.7 Å². The van der Waals surface area contributed by atoms with Crippen molar-refractivity contribution in [2.45, 2.75) is 20.4 Å². The van der Waals surface area contributed by atoms with Crippen molar-refractivity contribution in [3.05, 3.63) is 65.0 Å². The molecule has 2 aromatic carbocycles. The van der Waals surface area contributed by atoms with E-state index in [4.69, 9.17) is 0 Å². The minimum Gasteiger partial charge on any atom is -0.322 e. The summed E-state index contributed by atoms with van der Waals surface area (Å²) in [6.45, 7) is 7.67. The Morgan fingerprint density at radius 1 is 1.08 bits per heavy atom. The van der Waals surface area contributed by atoms with E-state index in [9.17, 15) is 9.18 Å². The Bertz CT molecular complexity index is 754. The first-order valence-corrected chi connectivity index (χ1v) is 8.61. The van der Waals surface area contributed by atoms with Gasteiger partial charge in [-0.05, 0) is 43.2 Å². The lowest BCUT2D eigenvalue weighted by Gasteiger charge is -2.34. The fourth-order valence-electron chi connectivity index (χ4n) is 3.15. The zero-order chi connectivity index (χ0) is 17.8. The molecule has 2 amide bonds. The molecule has 2 aromatic rings. The molecule has 1 aliphatic rings. The van der Waals surface area contributed by atoms with Gasteiger partial charge in [0.15, 0.2) is 0 Å². The van der Waals surface area contributed by atoms with Gasteiger partial charge in [0, 0.05) is 38.4 Å². The SMILES string of the molecule is Cc1ccc(NC(=O)N2CCN(Cc3cccc(F)c3)CC2)c(C)c1. The van der Waals surface area contributed by atoms with Crippen molar-refractivity contribution in [3.63, 3.8) is 0 Å². The number of amides is 2. The van der Waals surface area contributed by atoms with E-state index in [0.717, 1.165) is 29.9 Å². The van der Waals surface area contributed by atoms with Crippen LogP contribution in [0.4, 0.5) is 14.9 Å². The first kappa shape index (κ1) is 17.4. The maximum Gasteiger partial charge on any atom is 0.321 e. The van der Waals surface area contributed by atoms with Crippen molar-refractivity contribution in [1.29, 1.82) is 0 Å². The first-order chi connectivity index (χ1) is 12.0. The second kappa shape index (κ2) is 7.66. The monoisotopic (exact) mass is 341 g/mol. The number of piperazine rings is 1. The molecule has 0 bridgehead atoms. The second-order valence-corrected chi connectivity index (χ2v) is 6.64. The fourth-order valence-corrected chi connectivity index (χ4v) is 3.15.